The van der Waals surface area contributed by atoms with Gasteiger partial charge in [0.15, 0.2) is 9.84 Å². The van der Waals surface area contributed by atoms with Crippen molar-refractivity contribution < 1.29 is 13.2 Å². The largest absolute Gasteiger partial charge is 0.338 e. The third-order valence-electron chi connectivity index (χ3n) is 3.52. The Morgan fingerprint density at radius 1 is 1.26 bits per heavy atom. The van der Waals surface area contributed by atoms with Gasteiger partial charge in [-0.25, -0.2) is 8.42 Å². The number of amides is 1. The highest BCUT2D eigenvalue weighted by Gasteiger charge is 2.23. The molecule has 0 spiro atoms. The molecule has 0 aromatic heterocycles. The van der Waals surface area contributed by atoms with Crippen molar-refractivity contribution in [3.05, 3.63) is 35.4 Å². The van der Waals surface area contributed by atoms with Crippen molar-refractivity contribution in [2.75, 3.05) is 24.6 Å². The monoisotopic (exact) mass is 281 g/mol. The Morgan fingerprint density at radius 3 is 2.74 bits per heavy atom. The van der Waals surface area contributed by atoms with Gasteiger partial charge in [-0.15, -0.1) is 0 Å². The molecule has 104 valence electrons. The predicted molar refractivity (Wildman–Crippen MR) is 75.0 cm³/mol. The minimum absolute atomic E-state index is 0.0422. The lowest BCUT2D eigenvalue weighted by molar-refractivity contribution is 0.0771. The van der Waals surface area contributed by atoms with Crippen LogP contribution in [0.15, 0.2) is 24.3 Å². The lowest BCUT2D eigenvalue weighted by Crippen LogP contribution is -2.35. The Bertz CT molecular complexity index is 566. The number of carbonyl (C=O) groups excluding carboxylic acids is 1. The lowest BCUT2D eigenvalue weighted by atomic mass is 10.0. The van der Waals surface area contributed by atoms with E-state index in [9.17, 15) is 13.2 Å². The second kappa shape index (κ2) is 5.74. The van der Waals surface area contributed by atoms with Gasteiger partial charge in [-0.2, -0.15) is 0 Å². The van der Waals surface area contributed by atoms with E-state index in [0.717, 1.165) is 18.4 Å². The molecule has 1 heterocycles. The summed E-state index contributed by atoms with van der Waals surface area (Å²) in [7, 11) is -3.03. The number of sulfone groups is 1. The molecular weight excluding hydrogens is 262 g/mol. The Hall–Kier alpha value is -1.36. The third kappa shape index (κ3) is 3.35. The van der Waals surface area contributed by atoms with Crippen LogP contribution in [-0.2, 0) is 16.3 Å². The summed E-state index contributed by atoms with van der Waals surface area (Å²) in [6, 6.07) is 7.58. The van der Waals surface area contributed by atoms with Gasteiger partial charge in [0, 0.05) is 24.4 Å². The van der Waals surface area contributed by atoms with Crippen LogP contribution < -0.4 is 0 Å². The quantitative estimate of drug-likeness (QED) is 0.840. The maximum atomic E-state index is 12.4. The van der Waals surface area contributed by atoms with Crippen LogP contribution in [0.25, 0.3) is 0 Å². The summed E-state index contributed by atoms with van der Waals surface area (Å²) in [5.74, 6) is 0.141. The minimum atomic E-state index is -3.03. The number of hydrogen-bond donors (Lipinski definition) is 0. The first-order valence-corrected chi connectivity index (χ1v) is 8.43. The van der Waals surface area contributed by atoms with Crippen molar-refractivity contribution in [2.45, 2.75) is 19.8 Å². The average Bonchev–Trinajstić information content (AvgIpc) is 2.57. The Labute approximate surface area is 114 Å². The van der Waals surface area contributed by atoms with Crippen molar-refractivity contribution in [3.63, 3.8) is 0 Å². The van der Waals surface area contributed by atoms with Gasteiger partial charge in [0.2, 0.25) is 0 Å². The van der Waals surface area contributed by atoms with Crippen LogP contribution in [0.3, 0.4) is 0 Å². The number of carbonyl (C=O) groups is 1. The van der Waals surface area contributed by atoms with Gasteiger partial charge >= 0.3 is 0 Å². The molecule has 0 saturated heterocycles. The molecule has 4 nitrogen and oxygen atoms in total. The topological polar surface area (TPSA) is 54.5 Å². The van der Waals surface area contributed by atoms with E-state index in [1.807, 2.05) is 24.3 Å². The van der Waals surface area contributed by atoms with E-state index in [2.05, 4.69) is 0 Å². The zero-order valence-electron chi connectivity index (χ0n) is 11.1. The molecule has 1 aromatic carbocycles. The SMILES string of the molecule is CCS(=O)(=O)CCN1CCCc2ccccc2C1=O. The fourth-order valence-corrected chi connectivity index (χ4v) is 3.07. The number of benzene rings is 1. The lowest BCUT2D eigenvalue weighted by Gasteiger charge is -2.20. The summed E-state index contributed by atoms with van der Waals surface area (Å²) in [5, 5.41) is 0. The number of hydrogen-bond acceptors (Lipinski definition) is 3. The molecule has 2 rings (SSSR count). The average molecular weight is 281 g/mol. The Morgan fingerprint density at radius 2 is 2.00 bits per heavy atom. The molecular formula is C14H19NO3S. The summed E-state index contributed by atoms with van der Waals surface area (Å²) in [6.45, 7) is 2.56. The van der Waals surface area contributed by atoms with Gasteiger partial charge in [-0.1, -0.05) is 25.1 Å². The van der Waals surface area contributed by atoms with Crippen LogP contribution in [0.1, 0.15) is 29.3 Å². The maximum absolute atomic E-state index is 12.4. The number of rotatable bonds is 4. The zero-order valence-corrected chi connectivity index (χ0v) is 11.9. The highest BCUT2D eigenvalue weighted by molar-refractivity contribution is 7.91. The van der Waals surface area contributed by atoms with E-state index < -0.39 is 9.84 Å². The van der Waals surface area contributed by atoms with Gasteiger partial charge in [0.1, 0.15) is 0 Å². The molecule has 0 aliphatic carbocycles. The van der Waals surface area contributed by atoms with E-state index in [1.165, 1.54) is 0 Å². The second-order valence-electron chi connectivity index (χ2n) is 4.79. The van der Waals surface area contributed by atoms with Crippen molar-refractivity contribution in [1.29, 1.82) is 0 Å². The van der Waals surface area contributed by atoms with Crippen LogP contribution in [0.2, 0.25) is 0 Å². The maximum Gasteiger partial charge on any atom is 0.254 e. The Balaban J connectivity index is 2.14. The first-order chi connectivity index (χ1) is 9.03. The van der Waals surface area contributed by atoms with Gasteiger partial charge in [-0.05, 0) is 24.5 Å². The molecule has 1 aromatic rings. The van der Waals surface area contributed by atoms with Crippen LogP contribution in [0.4, 0.5) is 0 Å². The summed E-state index contributed by atoms with van der Waals surface area (Å²) in [6.07, 6.45) is 1.76. The Kier molecular flexibility index (Phi) is 4.24. The summed E-state index contributed by atoms with van der Waals surface area (Å²) < 4.78 is 23.1. The molecule has 0 saturated carbocycles. The van der Waals surface area contributed by atoms with Crippen molar-refractivity contribution in [3.8, 4) is 0 Å². The van der Waals surface area contributed by atoms with Gasteiger partial charge in [-0.3, -0.25) is 4.79 Å². The first kappa shape index (κ1) is 14.1. The van der Waals surface area contributed by atoms with E-state index in [1.54, 1.807) is 11.8 Å². The zero-order chi connectivity index (χ0) is 13.9. The summed E-state index contributed by atoms with van der Waals surface area (Å²) >= 11 is 0. The standard InChI is InChI=1S/C14H19NO3S/c1-2-19(17,18)11-10-15-9-5-7-12-6-3-4-8-13(12)14(15)16/h3-4,6,8H,2,5,7,9-11H2,1H3. The van der Waals surface area contributed by atoms with Gasteiger partial charge in [0.25, 0.3) is 5.91 Å². The smallest absolute Gasteiger partial charge is 0.254 e. The normalized spacial score (nSPS) is 16.1. The van der Waals surface area contributed by atoms with E-state index in [4.69, 9.17) is 0 Å². The molecule has 0 N–H and O–H groups in total. The molecule has 0 atom stereocenters. The summed E-state index contributed by atoms with van der Waals surface area (Å²) in [5.41, 5.74) is 1.78. The fraction of sp³-hybridized carbons (Fsp3) is 0.500. The molecule has 1 aliphatic heterocycles. The van der Waals surface area contributed by atoms with Gasteiger partial charge in [0.05, 0.1) is 5.75 Å². The number of fused-ring (bicyclic) bond motifs is 1. The van der Waals surface area contributed by atoms with Crippen molar-refractivity contribution in [2.24, 2.45) is 0 Å². The number of aryl methyl sites for hydroxylation is 1. The first-order valence-electron chi connectivity index (χ1n) is 6.61. The minimum Gasteiger partial charge on any atom is -0.338 e. The highest BCUT2D eigenvalue weighted by atomic mass is 32.2. The second-order valence-corrected chi connectivity index (χ2v) is 7.26. The third-order valence-corrected chi connectivity index (χ3v) is 5.21. The molecule has 1 aliphatic rings. The van der Waals surface area contributed by atoms with Crippen molar-refractivity contribution in [1.82, 2.24) is 4.90 Å². The van der Waals surface area contributed by atoms with E-state index >= 15 is 0 Å². The molecule has 19 heavy (non-hydrogen) atoms. The summed E-state index contributed by atoms with van der Waals surface area (Å²) in [4.78, 5) is 14.0. The van der Waals surface area contributed by atoms with E-state index in [-0.39, 0.29) is 17.4 Å². The molecule has 0 radical (unpaired) electrons. The molecule has 5 heteroatoms. The number of nitrogens with zero attached hydrogens (tertiary/aromatic N) is 1. The van der Waals surface area contributed by atoms with E-state index in [0.29, 0.717) is 18.7 Å². The van der Waals surface area contributed by atoms with Crippen LogP contribution in [0, 0.1) is 0 Å². The molecule has 0 bridgehead atoms. The fourth-order valence-electron chi connectivity index (χ4n) is 2.29. The van der Waals surface area contributed by atoms with Crippen molar-refractivity contribution >= 4 is 15.7 Å². The van der Waals surface area contributed by atoms with Gasteiger partial charge < -0.3 is 4.90 Å². The molecule has 0 fully saturated rings. The predicted octanol–water partition coefficient (Wildman–Crippen LogP) is 1.51. The molecule has 0 unspecified atom stereocenters. The highest BCUT2D eigenvalue weighted by Crippen LogP contribution is 2.18. The van der Waals surface area contributed by atoms with Crippen LogP contribution in [0.5, 0.6) is 0 Å². The van der Waals surface area contributed by atoms with Crippen LogP contribution in [-0.4, -0.2) is 43.8 Å². The van der Waals surface area contributed by atoms with Crippen LogP contribution >= 0.6 is 0 Å². The molecule has 1 amide bonds.